The minimum absolute atomic E-state index is 0.0582. The van der Waals surface area contributed by atoms with E-state index in [0.717, 1.165) is 12.8 Å². The van der Waals surface area contributed by atoms with Crippen LogP contribution in [-0.4, -0.2) is 38.6 Å². The fraction of sp³-hybridized carbons (Fsp3) is 0.636. The van der Waals surface area contributed by atoms with Crippen LogP contribution in [0.1, 0.15) is 36.9 Å². The Morgan fingerprint density at radius 3 is 2.89 bits per heavy atom. The molecule has 1 aromatic rings. The van der Waals surface area contributed by atoms with Crippen LogP contribution in [0.25, 0.3) is 0 Å². The van der Waals surface area contributed by atoms with Gasteiger partial charge in [0.15, 0.2) is 5.82 Å². The first-order valence-electron chi connectivity index (χ1n) is 5.96. The van der Waals surface area contributed by atoms with Gasteiger partial charge in [-0.3, -0.25) is 9.59 Å². The first-order valence-corrected chi connectivity index (χ1v) is 5.96. The van der Waals surface area contributed by atoms with Crippen LogP contribution >= 0.6 is 0 Å². The van der Waals surface area contributed by atoms with Crippen molar-refractivity contribution < 1.29 is 19.2 Å². The quantitative estimate of drug-likeness (QED) is 0.830. The van der Waals surface area contributed by atoms with Gasteiger partial charge in [0.05, 0.1) is 12.5 Å². The molecule has 0 aromatic carbocycles. The lowest BCUT2D eigenvalue weighted by atomic mass is 10.1. The first-order chi connectivity index (χ1) is 8.63. The number of aromatic nitrogens is 2. The maximum Gasteiger partial charge on any atom is 0.308 e. The minimum atomic E-state index is -0.933. The molecule has 1 atom stereocenters. The smallest absolute Gasteiger partial charge is 0.308 e. The zero-order valence-electron chi connectivity index (χ0n) is 9.70. The van der Waals surface area contributed by atoms with Crippen LogP contribution in [0.2, 0.25) is 0 Å². The van der Waals surface area contributed by atoms with Crippen molar-refractivity contribution in [1.82, 2.24) is 15.0 Å². The highest BCUT2D eigenvalue weighted by Gasteiger charge is 2.35. The Morgan fingerprint density at radius 2 is 2.28 bits per heavy atom. The lowest BCUT2D eigenvalue weighted by molar-refractivity contribution is -0.141. The van der Waals surface area contributed by atoms with E-state index in [9.17, 15) is 9.59 Å². The molecule has 1 aromatic heterocycles. The molecule has 2 heterocycles. The van der Waals surface area contributed by atoms with Crippen LogP contribution in [0.5, 0.6) is 0 Å². The fourth-order valence-electron chi connectivity index (χ4n) is 2.09. The van der Waals surface area contributed by atoms with Gasteiger partial charge in [0.25, 0.3) is 0 Å². The topological polar surface area (TPSA) is 96.5 Å². The largest absolute Gasteiger partial charge is 0.481 e. The number of amides is 1. The summed E-state index contributed by atoms with van der Waals surface area (Å²) in [7, 11) is 0. The summed E-state index contributed by atoms with van der Waals surface area (Å²) >= 11 is 0. The van der Waals surface area contributed by atoms with Gasteiger partial charge in [-0.05, 0) is 12.8 Å². The molecule has 0 bridgehead atoms. The number of carbonyl (C=O) groups excluding carboxylic acids is 1. The number of carboxylic acid groups (broad SMARTS) is 1. The second-order valence-corrected chi connectivity index (χ2v) is 4.84. The predicted molar refractivity (Wildman–Crippen MR) is 57.4 cm³/mol. The summed E-state index contributed by atoms with van der Waals surface area (Å²) in [4.78, 5) is 28.1. The molecule has 0 spiro atoms. The summed E-state index contributed by atoms with van der Waals surface area (Å²) in [5.41, 5.74) is 0. The monoisotopic (exact) mass is 251 g/mol. The lowest BCUT2D eigenvalue weighted by Gasteiger charge is -2.12. The SMILES string of the molecule is O=C(O)C1CC(=O)N(Cc2noc(C3CC3)n2)C1. The molecule has 1 saturated carbocycles. The highest BCUT2D eigenvalue weighted by atomic mass is 16.5. The van der Waals surface area contributed by atoms with Crippen molar-refractivity contribution in [3.8, 4) is 0 Å². The number of nitrogens with zero attached hydrogens (tertiary/aromatic N) is 3. The Hall–Kier alpha value is -1.92. The molecular formula is C11H13N3O4. The predicted octanol–water partition coefficient (Wildman–Crippen LogP) is 0.380. The Kier molecular flexibility index (Phi) is 2.53. The average molecular weight is 251 g/mol. The highest BCUT2D eigenvalue weighted by molar-refractivity contribution is 5.85. The van der Waals surface area contributed by atoms with Gasteiger partial charge in [0, 0.05) is 18.9 Å². The van der Waals surface area contributed by atoms with Gasteiger partial charge in [-0.25, -0.2) is 0 Å². The number of aliphatic carboxylic acids is 1. The molecule has 1 N–H and O–H groups in total. The van der Waals surface area contributed by atoms with Crippen LogP contribution in [0.3, 0.4) is 0 Å². The lowest BCUT2D eigenvalue weighted by Crippen LogP contribution is -2.26. The summed E-state index contributed by atoms with van der Waals surface area (Å²) in [5.74, 6) is -0.250. The van der Waals surface area contributed by atoms with Crippen LogP contribution in [-0.2, 0) is 16.1 Å². The van der Waals surface area contributed by atoms with Gasteiger partial charge in [0.1, 0.15) is 0 Å². The third-order valence-electron chi connectivity index (χ3n) is 3.31. The van der Waals surface area contributed by atoms with Crippen molar-refractivity contribution in [3.63, 3.8) is 0 Å². The van der Waals surface area contributed by atoms with Crippen molar-refractivity contribution in [1.29, 1.82) is 0 Å². The van der Waals surface area contributed by atoms with Crippen LogP contribution < -0.4 is 0 Å². The van der Waals surface area contributed by atoms with Crippen molar-refractivity contribution in [2.75, 3.05) is 6.54 Å². The number of likely N-dealkylation sites (tertiary alicyclic amines) is 1. The van der Waals surface area contributed by atoms with E-state index in [1.54, 1.807) is 0 Å². The van der Waals surface area contributed by atoms with Gasteiger partial charge in [-0.2, -0.15) is 4.98 Å². The molecule has 3 rings (SSSR count). The van der Waals surface area contributed by atoms with E-state index < -0.39 is 11.9 Å². The molecule has 1 aliphatic heterocycles. The number of carboxylic acids is 1. The normalized spacial score (nSPS) is 23.7. The molecule has 18 heavy (non-hydrogen) atoms. The standard InChI is InChI=1S/C11H13N3O4/c15-9-3-7(11(16)17)4-14(9)5-8-12-10(18-13-8)6-1-2-6/h6-7H,1-5H2,(H,16,17). The minimum Gasteiger partial charge on any atom is -0.481 e. The number of carbonyl (C=O) groups is 2. The molecule has 2 fully saturated rings. The molecular weight excluding hydrogens is 238 g/mol. The molecule has 2 aliphatic rings. The molecule has 7 heteroatoms. The molecule has 0 radical (unpaired) electrons. The number of hydrogen-bond acceptors (Lipinski definition) is 5. The van der Waals surface area contributed by atoms with Gasteiger partial charge in [-0.1, -0.05) is 5.16 Å². The summed E-state index contributed by atoms with van der Waals surface area (Å²) in [5, 5.41) is 12.7. The zero-order chi connectivity index (χ0) is 12.7. The second kappa shape index (κ2) is 4.08. The fourth-order valence-corrected chi connectivity index (χ4v) is 2.09. The second-order valence-electron chi connectivity index (χ2n) is 4.84. The van der Waals surface area contributed by atoms with Crippen molar-refractivity contribution >= 4 is 11.9 Å². The summed E-state index contributed by atoms with van der Waals surface area (Å²) < 4.78 is 5.09. The summed E-state index contributed by atoms with van der Waals surface area (Å²) in [6, 6.07) is 0. The maximum atomic E-state index is 11.6. The molecule has 1 unspecified atom stereocenters. The summed E-state index contributed by atoms with van der Waals surface area (Å²) in [6.07, 6.45) is 2.21. The Balaban J connectivity index is 1.64. The van der Waals surface area contributed by atoms with Crippen molar-refractivity contribution in [2.45, 2.75) is 31.7 Å². The third-order valence-corrected chi connectivity index (χ3v) is 3.31. The van der Waals surface area contributed by atoms with E-state index in [0.29, 0.717) is 17.6 Å². The molecule has 1 amide bonds. The third kappa shape index (κ3) is 2.07. The Bertz CT molecular complexity index is 494. The van der Waals surface area contributed by atoms with Gasteiger partial charge in [-0.15, -0.1) is 0 Å². The summed E-state index contributed by atoms with van der Waals surface area (Å²) in [6.45, 7) is 0.459. The Labute approximate surface area is 103 Å². The molecule has 1 aliphatic carbocycles. The van der Waals surface area contributed by atoms with Crippen molar-refractivity contribution in [3.05, 3.63) is 11.7 Å². The van der Waals surface area contributed by atoms with E-state index in [4.69, 9.17) is 9.63 Å². The number of rotatable bonds is 4. The van der Waals surface area contributed by atoms with Crippen LogP contribution in [0.4, 0.5) is 0 Å². The average Bonchev–Trinajstić information content (AvgIpc) is 2.97. The first kappa shape index (κ1) is 11.2. The number of hydrogen-bond donors (Lipinski definition) is 1. The maximum absolute atomic E-state index is 11.6. The van der Waals surface area contributed by atoms with Gasteiger partial charge >= 0.3 is 5.97 Å². The van der Waals surface area contributed by atoms with Crippen LogP contribution in [0.15, 0.2) is 4.52 Å². The van der Waals surface area contributed by atoms with E-state index >= 15 is 0 Å². The van der Waals surface area contributed by atoms with Gasteiger partial charge in [0.2, 0.25) is 11.8 Å². The molecule has 1 saturated heterocycles. The van der Waals surface area contributed by atoms with E-state index in [1.165, 1.54) is 4.90 Å². The molecule has 96 valence electrons. The zero-order valence-corrected chi connectivity index (χ0v) is 9.70. The van der Waals surface area contributed by atoms with Crippen molar-refractivity contribution in [2.24, 2.45) is 5.92 Å². The Morgan fingerprint density at radius 1 is 1.50 bits per heavy atom. The van der Waals surface area contributed by atoms with E-state index in [-0.39, 0.29) is 25.4 Å². The van der Waals surface area contributed by atoms with Gasteiger partial charge < -0.3 is 14.5 Å². The van der Waals surface area contributed by atoms with Crippen LogP contribution in [0, 0.1) is 5.92 Å². The van der Waals surface area contributed by atoms with E-state index in [1.807, 2.05) is 0 Å². The highest BCUT2D eigenvalue weighted by Crippen LogP contribution is 2.38. The van der Waals surface area contributed by atoms with E-state index in [2.05, 4.69) is 10.1 Å². The molecule has 7 nitrogen and oxygen atoms in total.